The van der Waals surface area contributed by atoms with E-state index in [0.717, 1.165) is 11.1 Å². The molecule has 0 saturated carbocycles. The molecule has 0 aliphatic rings. The summed E-state index contributed by atoms with van der Waals surface area (Å²) in [6.45, 7) is 1.93. The van der Waals surface area contributed by atoms with E-state index in [9.17, 15) is 9.18 Å². The van der Waals surface area contributed by atoms with Gasteiger partial charge >= 0.3 is 0 Å². The second kappa shape index (κ2) is 6.06. The Labute approximate surface area is 122 Å². The number of methoxy groups -OCH3 is 1. The van der Waals surface area contributed by atoms with E-state index >= 15 is 0 Å². The molecule has 0 heterocycles. The lowest BCUT2D eigenvalue weighted by Crippen LogP contribution is -2.05. The van der Waals surface area contributed by atoms with Gasteiger partial charge in [-0.05, 0) is 42.3 Å². The van der Waals surface area contributed by atoms with Crippen molar-refractivity contribution in [2.45, 2.75) is 13.3 Å². The topological polar surface area (TPSA) is 26.3 Å². The van der Waals surface area contributed by atoms with E-state index in [4.69, 9.17) is 16.3 Å². The summed E-state index contributed by atoms with van der Waals surface area (Å²) in [7, 11) is 1.38. The van der Waals surface area contributed by atoms with Gasteiger partial charge in [-0.1, -0.05) is 23.7 Å². The molecule has 4 heteroatoms. The number of Topliss-reactive ketones (excluding diaryl/α,β-unsaturated/α-hetero) is 1. The van der Waals surface area contributed by atoms with Crippen molar-refractivity contribution in [3.8, 4) is 5.75 Å². The molecule has 0 aromatic heterocycles. The number of carbonyl (C=O) groups excluding carboxylic acids is 1. The normalized spacial score (nSPS) is 10.4. The summed E-state index contributed by atoms with van der Waals surface area (Å²) >= 11 is 6.09. The third kappa shape index (κ3) is 3.17. The molecule has 0 bridgehead atoms. The van der Waals surface area contributed by atoms with Gasteiger partial charge in [0.25, 0.3) is 0 Å². The summed E-state index contributed by atoms with van der Waals surface area (Å²) in [4.78, 5) is 12.1. The summed E-state index contributed by atoms with van der Waals surface area (Å²) in [5, 5.41) is 0.548. The van der Waals surface area contributed by atoms with Crippen molar-refractivity contribution in [1.29, 1.82) is 0 Å². The first-order valence-corrected chi connectivity index (χ1v) is 6.51. The number of carbonyl (C=O) groups is 1. The van der Waals surface area contributed by atoms with Gasteiger partial charge in [0.15, 0.2) is 17.3 Å². The summed E-state index contributed by atoms with van der Waals surface area (Å²) in [6, 6.07) is 9.69. The van der Waals surface area contributed by atoms with E-state index in [1.165, 1.54) is 19.2 Å². The fourth-order valence-corrected chi connectivity index (χ4v) is 2.21. The van der Waals surface area contributed by atoms with Gasteiger partial charge in [0.1, 0.15) is 0 Å². The highest BCUT2D eigenvalue weighted by Gasteiger charge is 2.12. The van der Waals surface area contributed by atoms with Crippen molar-refractivity contribution < 1.29 is 13.9 Å². The Morgan fingerprint density at radius 2 is 2.00 bits per heavy atom. The number of benzene rings is 2. The standard InChI is InChI=1S/C16H14ClFO2/c1-10-3-4-11(13(17)7-10)9-15(19)12-5-6-16(20-2)14(18)8-12/h3-8H,9H2,1-2H3. The minimum Gasteiger partial charge on any atom is -0.494 e. The molecule has 2 rings (SSSR count). The number of aryl methyl sites for hydroxylation is 1. The predicted octanol–water partition coefficient (Wildman–Crippen LogP) is 4.22. The zero-order valence-electron chi connectivity index (χ0n) is 11.2. The van der Waals surface area contributed by atoms with E-state index in [-0.39, 0.29) is 18.0 Å². The maximum atomic E-state index is 13.6. The second-order valence-electron chi connectivity index (χ2n) is 4.54. The van der Waals surface area contributed by atoms with Crippen LogP contribution in [-0.2, 0) is 6.42 Å². The number of halogens is 2. The van der Waals surface area contributed by atoms with E-state index in [1.54, 1.807) is 12.1 Å². The van der Waals surface area contributed by atoms with Gasteiger partial charge in [-0.15, -0.1) is 0 Å². The van der Waals surface area contributed by atoms with Crippen LogP contribution < -0.4 is 4.74 Å². The van der Waals surface area contributed by atoms with Crippen LogP contribution in [0, 0.1) is 12.7 Å². The van der Waals surface area contributed by atoms with E-state index < -0.39 is 5.82 Å². The SMILES string of the molecule is COc1ccc(C(=O)Cc2ccc(C)cc2Cl)cc1F. The lowest BCUT2D eigenvalue weighted by molar-refractivity contribution is 0.0992. The molecule has 0 unspecified atom stereocenters. The van der Waals surface area contributed by atoms with Crippen LogP contribution in [0.3, 0.4) is 0 Å². The first-order valence-electron chi connectivity index (χ1n) is 6.13. The summed E-state index contributed by atoms with van der Waals surface area (Å²) in [5.41, 5.74) is 2.07. The Kier molecular flexibility index (Phi) is 4.40. The smallest absolute Gasteiger partial charge is 0.167 e. The lowest BCUT2D eigenvalue weighted by atomic mass is 10.0. The minimum absolute atomic E-state index is 0.120. The second-order valence-corrected chi connectivity index (χ2v) is 4.95. The first-order chi connectivity index (χ1) is 9.51. The van der Waals surface area contributed by atoms with Crippen LogP contribution >= 0.6 is 11.6 Å². The molecular formula is C16H14ClFO2. The van der Waals surface area contributed by atoms with E-state index in [2.05, 4.69) is 0 Å². The number of hydrogen-bond donors (Lipinski definition) is 0. The van der Waals surface area contributed by atoms with Gasteiger partial charge < -0.3 is 4.74 Å². The molecule has 2 nitrogen and oxygen atoms in total. The van der Waals surface area contributed by atoms with Crippen molar-refractivity contribution in [2.24, 2.45) is 0 Å². The van der Waals surface area contributed by atoms with Crippen molar-refractivity contribution in [3.05, 3.63) is 63.9 Å². The van der Waals surface area contributed by atoms with Crippen LogP contribution in [-0.4, -0.2) is 12.9 Å². The van der Waals surface area contributed by atoms with Crippen LogP contribution in [0.1, 0.15) is 21.5 Å². The maximum absolute atomic E-state index is 13.6. The van der Waals surface area contributed by atoms with Crippen molar-refractivity contribution in [1.82, 2.24) is 0 Å². The maximum Gasteiger partial charge on any atom is 0.167 e. The van der Waals surface area contributed by atoms with Crippen LogP contribution in [0.4, 0.5) is 4.39 Å². The Morgan fingerprint density at radius 3 is 2.60 bits per heavy atom. The number of ketones is 1. The third-order valence-corrected chi connectivity index (χ3v) is 3.39. The molecular weight excluding hydrogens is 279 g/mol. The number of hydrogen-bond acceptors (Lipinski definition) is 2. The molecule has 2 aromatic carbocycles. The lowest BCUT2D eigenvalue weighted by Gasteiger charge is -2.07. The number of ether oxygens (including phenoxy) is 1. The van der Waals surface area contributed by atoms with E-state index in [0.29, 0.717) is 10.6 Å². The van der Waals surface area contributed by atoms with Crippen molar-refractivity contribution in [2.75, 3.05) is 7.11 Å². The summed E-state index contributed by atoms with van der Waals surface area (Å²) in [5.74, 6) is -0.611. The Balaban J connectivity index is 2.21. The minimum atomic E-state index is -0.548. The quantitative estimate of drug-likeness (QED) is 0.789. The van der Waals surface area contributed by atoms with Gasteiger partial charge in [-0.3, -0.25) is 4.79 Å². The Bertz CT molecular complexity index is 653. The molecule has 0 spiro atoms. The zero-order chi connectivity index (χ0) is 14.7. The van der Waals surface area contributed by atoms with Crippen LogP contribution in [0.25, 0.3) is 0 Å². The fraction of sp³-hybridized carbons (Fsp3) is 0.188. The molecule has 0 radical (unpaired) electrons. The van der Waals surface area contributed by atoms with Gasteiger partial charge in [0.2, 0.25) is 0 Å². The van der Waals surface area contributed by atoms with Crippen molar-refractivity contribution in [3.63, 3.8) is 0 Å². The zero-order valence-corrected chi connectivity index (χ0v) is 12.0. The fourth-order valence-electron chi connectivity index (χ4n) is 1.91. The molecule has 0 N–H and O–H groups in total. The molecule has 0 aliphatic heterocycles. The highest BCUT2D eigenvalue weighted by molar-refractivity contribution is 6.31. The highest BCUT2D eigenvalue weighted by Crippen LogP contribution is 2.22. The average molecular weight is 293 g/mol. The Hall–Kier alpha value is -1.87. The average Bonchev–Trinajstić information content (AvgIpc) is 2.41. The summed E-state index contributed by atoms with van der Waals surface area (Å²) < 4.78 is 18.4. The number of rotatable bonds is 4. The third-order valence-electron chi connectivity index (χ3n) is 3.03. The molecule has 0 amide bonds. The largest absolute Gasteiger partial charge is 0.494 e. The molecule has 104 valence electrons. The van der Waals surface area contributed by atoms with Gasteiger partial charge in [0.05, 0.1) is 7.11 Å². The molecule has 0 fully saturated rings. The molecule has 0 atom stereocenters. The molecule has 20 heavy (non-hydrogen) atoms. The summed E-state index contributed by atoms with van der Waals surface area (Å²) in [6.07, 6.45) is 0.144. The Morgan fingerprint density at radius 1 is 1.25 bits per heavy atom. The highest BCUT2D eigenvalue weighted by atomic mass is 35.5. The molecule has 0 aliphatic carbocycles. The van der Waals surface area contributed by atoms with Crippen molar-refractivity contribution >= 4 is 17.4 Å². The molecule has 0 saturated heterocycles. The monoisotopic (exact) mass is 292 g/mol. The van der Waals surface area contributed by atoms with Gasteiger partial charge in [-0.2, -0.15) is 0 Å². The predicted molar refractivity (Wildman–Crippen MR) is 77.2 cm³/mol. The van der Waals surface area contributed by atoms with Crippen LogP contribution in [0.15, 0.2) is 36.4 Å². The van der Waals surface area contributed by atoms with Crippen LogP contribution in [0.5, 0.6) is 5.75 Å². The van der Waals surface area contributed by atoms with Crippen LogP contribution in [0.2, 0.25) is 5.02 Å². The molecule has 2 aromatic rings. The first kappa shape index (κ1) is 14.5. The van der Waals surface area contributed by atoms with Gasteiger partial charge in [-0.25, -0.2) is 4.39 Å². The van der Waals surface area contributed by atoms with Gasteiger partial charge in [0, 0.05) is 17.0 Å². The van der Waals surface area contributed by atoms with E-state index in [1.807, 2.05) is 19.1 Å².